The van der Waals surface area contributed by atoms with Crippen molar-refractivity contribution in [2.45, 2.75) is 19.9 Å². The van der Waals surface area contributed by atoms with Crippen molar-refractivity contribution in [3.63, 3.8) is 0 Å². The zero-order chi connectivity index (χ0) is 11.7. The van der Waals surface area contributed by atoms with Crippen molar-refractivity contribution < 1.29 is 4.79 Å². The highest BCUT2D eigenvalue weighted by molar-refractivity contribution is 5.78. The monoisotopic (exact) mass is 219 g/mol. The fourth-order valence-corrected chi connectivity index (χ4v) is 2.12. The van der Waals surface area contributed by atoms with Gasteiger partial charge in [-0.15, -0.1) is 6.58 Å². The van der Waals surface area contributed by atoms with Crippen molar-refractivity contribution in [2.75, 3.05) is 6.54 Å². The van der Waals surface area contributed by atoms with E-state index in [1.54, 1.807) is 0 Å². The normalized spacial score (nSPS) is 20.5. The van der Waals surface area contributed by atoms with E-state index in [0.717, 1.165) is 17.9 Å². The molecule has 1 aromatic rings. The van der Waals surface area contributed by atoms with E-state index in [4.69, 9.17) is 0 Å². The Morgan fingerprint density at radius 1 is 1.69 bits per heavy atom. The zero-order valence-electron chi connectivity index (χ0n) is 9.81. The van der Waals surface area contributed by atoms with Crippen LogP contribution in [-0.4, -0.2) is 27.1 Å². The van der Waals surface area contributed by atoms with E-state index in [9.17, 15) is 4.79 Å². The van der Waals surface area contributed by atoms with E-state index in [-0.39, 0.29) is 5.91 Å². The van der Waals surface area contributed by atoms with Crippen LogP contribution in [0.1, 0.15) is 17.8 Å². The molecule has 0 spiro atoms. The van der Waals surface area contributed by atoms with Gasteiger partial charge in [0.2, 0.25) is 5.91 Å². The molecule has 2 rings (SSSR count). The predicted octanol–water partition coefficient (Wildman–Crippen LogP) is 1.26. The summed E-state index contributed by atoms with van der Waals surface area (Å²) in [6, 6.07) is 2.02. The first-order chi connectivity index (χ1) is 7.60. The van der Waals surface area contributed by atoms with Crippen molar-refractivity contribution in [1.29, 1.82) is 0 Å². The Kier molecular flexibility index (Phi) is 2.81. The molecule has 4 nitrogen and oxygen atoms in total. The largest absolute Gasteiger partial charge is 0.336 e. The van der Waals surface area contributed by atoms with Crippen LogP contribution in [0.4, 0.5) is 0 Å². The van der Waals surface area contributed by atoms with Gasteiger partial charge in [-0.2, -0.15) is 5.10 Å². The fraction of sp³-hybridized carbons (Fsp3) is 0.500. The van der Waals surface area contributed by atoms with Gasteiger partial charge >= 0.3 is 0 Å². The first-order valence-corrected chi connectivity index (χ1v) is 5.50. The average molecular weight is 219 g/mol. The Bertz CT molecular complexity index is 422. The van der Waals surface area contributed by atoms with Crippen LogP contribution in [-0.2, 0) is 18.4 Å². The second-order valence-electron chi connectivity index (χ2n) is 4.37. The van der Waals surface area contributed by atoms with Crippen LogP contribution in [0.5, 0.6) is 0 Å². The second-order valence-corrected chi connectivity index (χ2v) is 4.37. The van der Waals surface area contributed by atoms with Gasteiger partial charge < -0.3 is 4.90 Å². The molecule has 1 aliphatic rings. The van der Waals surface area contributed by atoms with Crippen LogP contribution < -0.4 is 0 Å². The summed E-state index contributed by atoms with van der Waals surface area (Å²) in [4.78, 5) is 13.6. The third-order valence-electron chi connectivity index (χ3n) is 3.03. The Morgan fingerprint density at radius 3 is 2.94 bits per heavy atom. The number of rotatable bonds is 3. The first kappa shape index (κ1) is 10.9. The molecule has 16 heavy (non-hydrogen) atoms. The van der Waals surface area contributed by atoms with Crippen LogP contribution in [0.2, 0.25) is 0 Å². The van der Waals surface area contributed by atoms with Gasteiger partial charge in [-0.3, -0.25) is 9.48 Å². The van der Waals surface area contributed by atoms with Crippen molar-refractivity contribution in [2.24, 2.45) is 13.0 Å². The van der Waals surface area contributed by atoms with E-state index in [2.05, 4.69) is 11.7 Å². The molecule has 4 heteroatoms. The molecule has 0 N–H and O–H groups in total. The molecule has 1 atom stereocenters. The summed E-state index contributed by atoms with van der Waals surface area (Å²) in [5, 5.41) is 4.28. The lowest BCUT2D eigenvalue weighted by Gasteiger charge is -2.15. The van der Waals surface area contributed by atoms with Crippen molar-refractivity contribution in [3.05, 3.63) is 30.1 Å². The molecule has 1 saturated heterocycles. The van der Waals surface area contributed by atoms with Crippen molar-refractivity contribution in [1.82, 2.24) is 14.7 Å². The lowest BCUT2D eigenvalue weighted by molar-refractivity contribution is -0.128. The number of aromatic nitrogens is 2. The highest BCUT2D eigenvalue weighted by Crippen LogP contribution is 2.20. The summed E-state index contributed by atoms with van der Waals surface area (Å²) in [6.07, 6.45) is 2.47. The van der Waals surface area contributed by atoms with Crippen LogP contribution in [0.15, 0.2) is 18.7 Å². The number of aryl methyl sites for hydroxylation is 2. The van der Waals surface area contributed by atoms with Gasteiger partial charge in [0.15, 0.2) is 0 Å². The summed E-state index contributed by atoms with van der Waals surface area (Å²) in [5.41, 5.74) is 2.07. The molecular weight excluding hydrogens is 202 g/mol. The van der Waals surface area contributed by atoms with E-state index < -0.39 is 0 Å². The summed E-state index contributed by atoms with van der Waals surface area (Å²) < 4.78 is 1.84. The number of carbonyl (C=O) groups excluding carboxylic acids is 1. The third-order valence-corrected chi connectivity index (χ3v) is 3.03. The number of likely N-dealkylation sites (tertiary alicyclic amines) is 1. The molecular formula is C12H17N3O. The summed E-state index contributed by atoms with van der Waals surface area (Å²) >= 11 is 0. The standard InChI is InChI=1S/C12H17N3O/c1-4-10-6-12(16)15(7-10)8-11-5-9(2)13-14(11)3/h4-5,10H,1,6-8H2,2-3H3. The van der Waals surface area contributed by atoms with Crippen LogP contribution in [0, 0.1) is 12.8 Å². The summed E-state index contributed by atoms with van der Waals surface area (Å²) in [7, 11) is 1.91. The lowest BCUT2D eigenvalue weighted by Crippen LogP contribution is -2.25. The minimum Gasteiger partial charge on any atom is -0.336 e. The van der Waals surface area contributed by atoms with Gasteiger partial charge in [0.1, 0.15) is 0 Å². The summed E-state index contributed by atoms with van der Waals surface area (Å²) in [6.45, 7) is 7.14. The number of nitrogens with zero attached hydrogens (tertiary/aromatic N) is 3. The molecule has 0 radical (unpaired) electrons. The smallest absolute Gasteiger partial charge is 0.223 e. The fourth-order valence-electron chi connectivity index (χ4n) is 2.12. The minimum absolute atomic E-state index is 0.212. The lowest BCUT2D eigenvalue weighted by atomic mass is 10.1. The SMILES string of the molecule is C=CC1CC(=O)N(Cc2cc(C)nn2C)C1. The van der Waals surface area contributed by atoms with E-state index in [1.807, 2.05) is 35.7 Å². The van der Waals surface area contributed by atoms with E-state index in [0.29, 0.717) is 18.9 Å². The van der Waals surface area contributed by atoms with E-state index in [1.165, 1.54) is 0 Å². The quantitative estimate of drug-likeness (QED) is 0.718. The van der Waals surface area contributed by atoms with Gasteiger partial charge in [0.05, 0.1) is 17.9 Å². The molecule has 86 valence electrons. The molecule has 1 aromatic heterocycles. The molecule has 1 amide bonds. The zero-order valence-corrected chi connectivity index (χ0v) is 9.81. The van der Waals surface area contributed by atoms with Gasteiger partial charge in [-0.05, 0) is 13.0 Å². The number of carbonyl (C=O) groups is 1. The van der Waals surface area contributed by atoms with E-state index >= 15 is 0 Å². The Morgan fingerprint density at radius 2 is 2.44 bits per heavy atom. The van der Waals surface area contributed by atoms with Crippen LogP contribution >= 0.6 is 0 Å². The van der Waals surface area contributed by atoms with Gasteiger partial charge in [0, 0.05) is 25.9 Å². The first-order valence-electron chi connectivity index (χ1n) is 5.50. The Balaban J connectivity index is 2.08. The maximum absolute atomic E-state index is 11.7. The highest BCUT2D eigenvalue weighted by atomic mass is 16.2. The van der Waals surface area contributed by atoms with Crippen molar-refractivity contribution in [3.8, 4) is 0 Å². The molecule has 1 unspecified atom stereocenters. The third kappa shape index (κ3) is 2.01. The molecule has 0 saturated carbocycles. The predicted molar refractivity (Wildman–Crippen MR) is 61.7 cm³/mol. The summed E-state index contributed by atoms with van der Waals surface area (Å²) in [5.74, 6) is 0.519. The topological polar surface area (TPSA) is 38.1 Å². The minimum atomic E-state index is 0.212. The maximum atomic E-state index is 11.7. The Hall–Kier alpha value is -1.58. The number of hydrogen-bond acceptors (Lipinski definition) is 2. The second kappa shape index (κ2) is 4.12. The molecule has 1 fully saturated rings. The maximum Gasteiger partial charge on any atom is 0.223 e. The highest BCUT2D eigenvalue weighted by Gasteiger charge is 2.27. The molecule has 2 heterocycles. The molecule has 0 aromatic carbocycles. The van der Waals surface area contributed by atoms with Crippen LogP contribution in [0.25, 0.3) is 0 Å². The average Bonchev–Trinajstić information content (AvgIpc) is 2.72. The van der Waals surface area contributed by atoms with Crippen LogP contribution in [0.3, 0.4) is 0 Å². The molecule has 0 aliphatic carbocycles. The van der Waals surface area contributed by atoms with Gasteiger partial charge in [0.25, 0.3) is 0 Å². The molecule has 1 aliphatic heterocycles. The Labute approximate surface area is 95.5 Å². The molecule has 0 bridgehead atoms. The number of amides is 1. The van der Waals surface area contributed by atoms with Gasteiger partial charge in [-0.1, -0.05) is 6.08 Å². The number of hydrogen-bond donors (Lipinski definition) is 0. The van der Waals surface area contributed by atoms with Gasteiger partial charge in [-0.25, -0.2) is 0 Å². The van der Waals surface area contributed by atoms with Crippen molar-refractivity contribution >= 4 is 5.91 Å².